The van der Waals surface area contributed by atoms with Crippen molar-refractivity contribution in [1.29, 1.82) is 0 Å². The number of nitrogens with zero attached hydrogens (tertiary/aromatic N) is 1. The van der Waals surface area contributed by atoms with Crippen molar-refractivity contribution in [3.05, 3.63) is 133 Å². The molecule has 0 saturated heterocycles. The molecule has 5 aromatic rings. The van der Waals surface area contributed by atoms with Gasteiger partial charge in [-0.15, -0.1) is 0 Å². The Morgan fingerprint density at radius 3 is 1.81 bits per heavy atom. The summed E-state index contributed by atoms with van der Waals surface area (Å²) < 4.78 is 0. The second-order valence-electron chi connectivity index (χ2n) is 7.15. The minimum Gasteiger partial charge on any atom is -0.255 e. The van der Waals surface area contributed by atoms with Crippen LogP contribution in [0, 0.1) is 11.8 Å². The number of rotatable bonds is 3. The molecule has 3 heteroatoms. The van der Waals surface area contributed by atoms with Gasteiger partial charge in [-0.25, -0.2) is 0 Å². The van der Waals surface area contributed by atoms with Gasteiger partial charge in [0.2, 0.25) is 0 Å². The summed E-state index contributed by atoms with van der Waals surface area (Å²) in [7, 11) is -0.700. The van der Waals surface area contributed by atoms with Crippen molar-refractivity contribution in [2.75, 3.05) is 0 Å². The molecule has 0 bridgehead atoms. The van der Waals surface area contributed by atoms with Crippen molar-refractivity contribution in [3.8, 4) is 11.8 Å². The van der Waals surface area contributed by atoms with Crippen LogP contribution in [0.5, 0.6) is 0 Å². The standard InChI is InChI=1S/C29H20NP.Au/c1-3-15-26(16-4-1)31(27-17-5-2-6-18-27)28-19-8-7-11-23(28)20-21-25-13-9-12-24-14-10-22-30-29(24)25;/h1-19,22H;. The van der Waals surface area contributed by atoms with Crippen molar-refractivity contribution in [2.24, 2.45) is 0 Å². The molecule has 1 aromatic heterocycles. The molecule has 0 aliphatic carbocycles. The number of fused-ring (bicyclic) bond motifs is 1. The van der Waals surface area contributed by atoms with Crippen LogP contribution in [0.1, 0.15) is 11.1 Å². The molecule has 32 heavy (non-hydrogen) atoms. The van der Waals surface area contributed by atoms with E-state index in [9.17, 15) is 0 Å². The van der Waals surface area contributed by atoms with Crippen LogP contribution in [-0.2, 0) is 22.4 Å². The Hall–Kier alpha value is -2.98. The van der Waals surface area contributed by atoms with Gasteiger partial charge in [0.15, 0.2) is 0 Å². The first-order chi connectivity index (χ1) is 15.4. The van der Waals surface area contributed by atoms with Crippen molar-refractivity contribution >= 4 is 34.7 Å². The summed E-state index contributed by atoms with van der Waals surface area (Å²) in [6.45, 7) is 0. The zero-order valence-corrected chi connectivity index (χ0v) is 20.3. The van der Waals surface area contributed by atoms with Crippen LogP contribution in [0.3, 0.4) is 0 Å². The van der Waals surface area contributed by atoms with Gasteiger partial charge >= 0.3 is 0 Å². The Morgan fingerprint density at radius 2 is 1.09 bits per heavy atom. The van der Waals surface area contributed by atoms with E-state index in [2.05, 4.69) is 114 Å². The summed E-state index contributed by atoms with van der Waals surface area (Å²) in [6, 6.07) is 40.2. The van der Waals surface area contributed by atoms with E-state index in [1.54, 1.807) is 0 Å². The van der Waals surface area contributed by atoms with E-state index in [0.717, 1.165) is 22.0 Å². The van der Waals surface area contributed by atoms with Crippen molar-refractivity contribution in [3.63, 3.8) is 0 Å². The molecule has 1 radical (unpaired) electrons. The summed E-state index contributed by atoms with van der Waals surface area (Å²) >= 11 is 0. The van der Waals surface area contributed by atoms with Gasteiger partial charge in [-0.05, 0) is 36.7 Å². The maximum atomic E-state index is 4.55. The van der Waals surface area contributed by atoms with Gasteiger partial charge in [0.05, 0.1) is 11.1 Å². The average molecular weight is 610 g/mol. The Labute approximate surface area is 205 Å². The number of aromatic nitrogens is 1. The van der Waals surface area contributed by atoms with Crippen molar-refractivity contribution < 1.29 is 22.4 Å². The molecule has 0 fully saturated rings. The molecular weight excluding hydrogens is 590 g/mol. The maximum Gasteiger partial charge on any atom is 0.0858 e. The van der Waals surface area contributed by atoms with Crippen molar-refractivity contribution in [1.82, 2.24) is 4.98 Å². The van der Waals surface area contributed by atoms with E-state index in [0.29, 0.717) is 0 Å². The van der Waals surface area contributed by atoms with Crippen molar-refractivity contribution in [2.45, 2.75) is 0 Å². The monoisotopic (exact) mass is 610 g/mol. The van der Waals surface area contributed by atoms with Crippen LogP contribution >= 0.6 is 7.92 Å². The molecule has 0 unspecified atom stereocenters. The van der Waals surface area contributed by atoms with Crippen LogP contribution in [0.15, 0.2) is 121 Å². The summed E-state index contributed by atoms with van der Waals surface area (Å²) in [5.41, 5.74) is 2.97. The predicted octanol–water partition coefficient (Wildman–Crippen LogP) is 5.39. The molecule has 0 spiro atoms. The first kappa shape index (κ1) is 22.2. The Bertz CT molecular complexity index is 1340. The fourth-order valence-corrected chi connectivity index (χ4v) is 6.10. The number of hydrogen-bond donors (Lipinski definition) is 0. The molecular formula is C29H20AuNP. The first-order valence-corrected chi connectivity index (χ1v) is 11.6. The summed E-state index contributed by atoms with van der Waals surface area (Å²) in [5.74, 6) is 6.87. The third-order valence-electron chi connectivity index (χ3n) is 5.14. The van der Waals surface area contributed by atoms with Crippen LogP contribution in [0.4, 0.5) is 0 Å². The van der Waals surface area contributed by atoms with Gasteiger partial charge in [-0.1, -0.05) is 109 Å². The molecule has 1 nitrogen and oxygen atoms in total. The zero-order chi connectivity index (χ0) is 20.9. The fraction of sp³-hybridized carbons (Fsp3) is 0. The molecule has 0 saturated carbocycles. The molecule has 0 atom stereocenters. The van der Waals surface area contributed by atoms with Gasteiger partial charge in [0.1, 0.15) is 0 Å². The molecule has 157 valence electrons. The minimum absolute atomic E-state index is 0. The van der Waals surface area contributed by atoms with Crippen LogP contribution in [0.2, 0.25) is 0 Å². The van der Waals surface area contributed by atoms with Gasteiger partial charge < -0.3 is 0 Å². The van der Waals surface area contributed by atoms with Gasteiger partial charge in [-0.2, -0.15) is 0 Å². The van der Waals surface area contributed by atoms with Gasteiger partial charge in [0, 0.05) is 44.8 Å². The van der Waals surface area contributed by atoms with E-state index in [1.807, 2.05) is 24.4 Å². The second-order valence-corrected chi connectivity index (χ2v) is 9.34. The van der Waals surface area contributed by atoms with Gasteiger partial charge in [-0.3, -0.25) is 4.98 Å². The fourth-order valence-electron chi connectivity index (χ4n) is 3.70. The largest absolute Gasteiger partial charge is 0.255 e. The third-order valence-corrected chi connectivity index (χ3v) is 7.64. The summed E-state index contributed by atoms with van der Waals surface area (Å²) in [5, 5.41) is 5.03. The van der Waals surface area contributed by atoms with E-state index < -0.39 is 7.92 Å². The minimum atomic E-state index is -0.700. The topological polar surface area (TPSA) is 12.9 Å². The number of pyridine rings is 1. The zero-order valence-electron chi connectivity index (χ0n) is 17.2. The summed E-state index contributed by atoms with van der Waals surface area (Å²) in [6.07, 6.45) is 1.82. The van der Waals surface area contributed by atoms with E-state index in [1.165, 1.54) is 15.9 Å². The summed E-state index contributed by atoms with van der Waals surface area (Å²) in [4.78, 5) is 4.55. The number of para-hydroxylation sites is 1. The van der Waals surface area contributed by atoms with E-state index in [-0.39, 0.29) is 22.4 Å². The Kier molecular flexibility index (Phi) is 7.33. The molecule has 0 aliphatic heterocycles. The average Bonchev–Trinajstić information content (AvgIpc) is 2.85. The van der Waals surface area contributed by atoms with E-state index in [4.69, 9.17) is 0 Å². The predicted molar refractivity (Wildman–Crippen MR) is 133 cm³/mol. The Balaban J connectivity index is 0.00000245. The van der Waals surface area contributed by atoms with E-state index >= 15 is 0 Å². The van der Waals surface area contributed by atoms with Crippen LogP contribution in [0.25, 0.3) is 10.9 Å². The molecule has 0 N–H and O–H groups in total. The van der Waals surface area contributed by atoms with Crippen LogP contribution in [-0.4, -0.2) is 4.98 Å². The molecule has 0 aliphatic rings. The number of benzene rings is 4. The SMILES string of the molecule is C(#Cc1cccc2cccnc12)c1ccccc1P(c1ccccc1)c1ccccc1.[Au]. The first-order valence-electron chi connectivity index (χ1n) is 10.3. The number of hydrogen-bond acceptors (Lipinski definition) is 1. The van der Waals surface area contributed by atoms with Crippen LogP contribution < -0.4 is 15.9 Å². The molecule has 4 aromatic carbocycles. The molecule has 1 heterocycles. The quantitative estimate of drug-likeness (QED) is 0.152. The molecule has 0 amide bonds. The third kappa shape index (κ3) is 4.76. The van der Waals surface area contributed by atoms with Gasteiger partial charge in [0.25, 0.3) is 0 Å². The maximum absolute atomic E-state index is 4.55. The normalized spacial score (nSPS) is 10.3. The Morgan fingerprint density at radius 1 is 0.531 bits per heavy atom. The smallest absolute Gasteiger partial charge is 0.0858 e. The second kappa shape index (κ2) is 10.6. The molecule has 5 rings (SSSR count).